The molecule has 0 spiro atoms. The maximum Gasteiger partial charge on any atom is 0.407 e. The Bertz CT molecular complexity index is 249. The van der Waals surface area contributed by atoms with Crippen molar-refractivity contribution in [3.8, 4) is 0 Å². The van der Waals surface area contributed by atoms with Gasteiger partial charge in [0.05, 0.1) is 0 Å². The molecule has 2 amide bonds. The van der Waals surface area contributed by atoms with Gasteiger partial charge in [0, 0.05) is 6.04 Å². The lowest BCUT2D eigenvalue weighted by atomic mass is 9.93. The number of carbonyl (C=O) groups is 2. The molecule has 2 N–H and O–H groups in total. The molecule has 0 unspecified atom stereocenters. The van der Waals surface area contributed by atoms with Crippen LogP contribution < -0.4 is 10.6 Å². The van der Waals surface area contributed by atoms with Crippen LogP contribution in [-0.2, 0) is 9.53 Å². The fourth-order valence-corrected chi connectivity index (χ4v) is 1.17. The molecule has 0 aromatic rings. The average molecular weight is 212 g/mol. The number of ether oxygens (including phenoxy) is 1. The maximum atomic E-state index is 11.2. The first kappa shape index (κ1) is 11.6. The van der Waals surface area contributed by atoms with Gasteiger partial charge in [0.1, 0.15) is 13.2 Å². The summed E-state index contributed by atoms with van der Waals surface area (Å²) in [6, 6.07) is 0.295. The van der Waals surface area contributed by atoms with Crippen LogP contribution in [0.5, 0.6) is 0 Å². The summed E-state index contributed by atoms with van der Waals surface area (Å²) in [7, 11) is 0. The topological polar surface area (TPSA) is 67.4 Å². The first-order valence-corrected chi connectivity index (χ1v) is 5.03. The van der Waals surface area contributed by atoms with Gasteiger partial charge in [-0.25, -0.2) is 4.79 Å². The Balaban J connectivity index is 2.04. The van der Waals surface area contributed by atoms with E-state index in [4.69, 9.17) is 0 Å². The number of alkyl carbamates (subject to hydrolysis) is 1. The van der Waals surface area contributed by atoms with Crippen molar-refractivity contribution in [2.45, 2.75) is 25.3 Å². The van der Waals surface area contributed by atoms with Gasteiger partial charge in [-0.2, -0.15) is 0 Å². The van der Waals surface area contributed by atoms with Gasteiger partial charge in [-0.15, -0.1) is 0 Å². The van der Waals surface area contributed by atoms with E-state index < -0.39 is 6.09 Å². The Hall–Kier alpha value is -1.52. The molecule has 1 aliphatic rings. The Labute approximate surface area is 88.9 Å². The predicted molar refractivity (Wildman–Crippen MR) is 55.3 cm³/mol. The van der Waals surface area contributed by atoms with Crippen molar-refractivity contribution < 1.29 is 14.3 Å². The van der Waals surface area contributed by atoms with Crippen LogP contribution in [-0.4, -0.2) is 31.2 Å². The smallest absolute Gasteiger partial charge is 0.407 e. The zero-order valence-electron chi connectivity index (χ0n) is 8.62. The fraction of sp³-hybridized carbons (Fsp3) is 0.600. The van der Waals surface area contributed by atoms with E-state index in [2.05, 4.69) is 21.9 Å². The lowest BCUT2D eigenvalue weighted by molar-refractivity contribution is -0.121. The summed E-state index contributed by atoms with van der Waals surface area (Å²) in [5.41, 5.74) is 0. The van der Waals surface area contributed by atoms with Crippen molar-refractivity contribution in [1.29, 1.82) is 0 Å². The normalized spacial score (nSPS) is 14.9. The molecule has 0 aromatic carbocycles. The summed E-state index contributed by atoms with van der Waals surface area (Å²) in [4.78, 5) is 22.1. The van der Waals surface area contributed by atoms with E-state index in [0.29, 0.717) is 6.04 Å². The highest BCUT2D eigenvalue weighted by Crippen LogP contribution is 2.17. The highest BCUT2D eigenvalue weighted by atomic mass is 16.5. The highest BCUT2D eigenvalue weighted by Gasteiger charge is 2.19. The van der Waals surface area contributed by atoms with Gasteiger partial charge in [-0.3, -0.25) is 4.79 Å². The molecule has 0 aromatic heterocycles. The van der Waals surface area contributed by atoms with Gasteiger partial charge in [-0.05, 0) is 19.3 Å². The van der Waals surface area contributed by atoms with Crippen molar-refractivity contribution in [2.24, 2.45) is 0 Å². The minimum absolute atomic E-state index is 0.0352. The molecule has 84 valence electrons. The SMILES string of the molecule is C=CCOC(=O)NCC(=O)NC1CCC1. The van der Waals surface area contributed by atoms with E-state index >= 15 is 0 Å². The first-order valence-electron chi connectivity index (χ1n) is 5.03. The van der Waals surface area contributed by atoms with E-state index in [1.54, 1.807) is 0 Å². The summed E-state index contributed by atoms with van der Waals surface area (Å²) >= 11 is 0. The Kier molecular flexibility index (Phi) is 4.66. The zero-order chi connectivity index (χ0) is 11.1. The molecule has 0 saturated heterocycles. The molecule has 0 radical (unpaired) electrons. The molecule has 15 heavy (non-hydrogen) atoms. The molecule has 1 rings (SSSR count). The maximum absolute atomic E-state index is 11.2. The monoisotopic (exact) mass is 212 g/mol. The molecule has 5 heteroatoms. The lowest BCUT2D eigenvalue weighted by Gasteiger charge is -2.26. The molecular formula is C10H16N2O3. The van der Waals surface area contributed by atoms with Crippen LogP contribution in [0.4, 0.5) is 4.79 Å². The van der Waals surface area contributed by atoms with Gasteiger partial charge < -0.3 is 15.4 Å². The highest BCUT2D eigenvalue weighted by molar-refractivity contribution is 5.82. The summed E-state index contributed by atoms with van der Waals surface area (Å²) in [6.07, 6.45) is 4.10. The summed E-state index contributed by atoms with van der Waals surface area (Å²) in [6.45, 7) is 3.52. The second-order valence-electron chi connectivity index (χ2n) is 3.44. The second-order valence-corrected chi connectivity index (χ2v) is 3.44. The van der Waals surface area contributed by atoms with Crippen LogP contribution in [0.3, 0.4) is 0 Å². The summed E-state index contributed by atoms with van der Waals surface area (Å²) in [5, 5.41) is 5.15. The molecular weight excluding hydrogens is 196 g/mol. The van der Waals surface area contributed by atoms with Crippen LogP contribution >= 0.6 is 0 Å². The third kappa shape index (κ3) is 4.49. The van der Waals surface area contributed by atoms with Gasteiger partial charge >= 0.3 is 6.09 Å². The van der Waals surface area contributed by atoms with Crippen LogP contribution in [0.15, 0.2) is 12.7 Å². The van der Waals surface area contributed by atoms with Gasteiger partial charge in [0.2, 0.25) is 5.91 Å². The van der Waals surface area contributed by atoms with Gasteiger partial charge in [-0.1, -0.05) is 12.7 Å². The molecule has 0 atom stereocenters. The number of carbonyl (C=O) groups excluding carboxylic acids is 2. The molecule has 0 heterocycles. The van der Waals surface area contributed by atoms with Crippen molar-refractivity contribution in [2.75, 3.05) is 13.2 Å². The van der Waals surface area contributed by atoms with E-state index in [1.165, 1.54) is 12.5 Å². The van der Waals surface area contributed by atoms with Gasteiger partial charge in [0.25, 0.3) is 0 Å². The third-order valence-electron chi connectivity index (χ3n) is 2.20. The molecule has 1 fully saturated rings. The zero-order valence-corrected chi connectivity index (χ0v) is 8.62. The quantitative estimate of drug-likeness (QED) is 0.654. The minimum atomic E-state index is -0.598. The average Bonchev–Trinajstić information content (AvgIpc) is 2.17. The number of rotatable bonds is 5. The van der Waals surface area contributed by atoms with Crippen molar-refractivity contribution in [3.05, 3.63) is 12.7 Å². The summed E-state index contributed by atoms with van der Waals surface area (Å²) in [5.74, 6) is -0.171. The number of hydrogen-bond donors (Lipinski definition) is 2. The molecule has 0 bridgehead atoms. The van der Waals surface area contributed by atoms with E-state index in [0.717, 1.165) is 12.8 Å². The molecule has 0 aliphatic heterocycles. The van der Waals surface area contributed by atoms with Crippen LogP contribution in [0, 0.1) is 0 Å². The standard InChI is InChI=1S/C10H16N2O3/c1-2-6-15-10(14)11-7-9(13)12-8-4-3-5-8/h2,8H,1,3-7H2,(H,11,14)(H,12,13). The Morgan fingerprint density at radius 2 is 2.20 bits per heavy atom. The van der Waals surface area contributed by atoms with E-state index in [1.807, 2.05) is 0 Å². The summed E-state index contributed by atoms with van der Waals surface area (Å²) < 4.78 is 4.64. The van der Waals surface area contributed by atoms with E-state index in [-0.39, 0.29) is 19.1 Å². The number of hydrogen-bond acceptors (Lipinski definition) is 3. The molecule has 1 aliphatic carbocycles. The van der Waals surface area contributed by atoms with Crippen LogP contribution in [0.1, 0.15) is 19.3 Å². The third-order valence-corrected chi connectivity index (χ3v) is 2.20. The van der Waals surface area contributed by atoms with Crippen LogP contribution in [0.25, 0.3) is 0 Å². The van der Waals surface area contributed by atoms with Gasteiger partial charge in [0.15, 0.2) is 0 Å². The largest absolute Gasteiger partial charge is 0.445 e. The van der Waals surface area contributed by atoms with Crippen LogP contribution in [0.2, 0.25) is 0 Å². The molecule has 1 saturated carbocycles. The molecule has 5 nitrogen and oxygen atoms in total. The number of nitrogens with one attached hydrogen (secondary N) is 2. The van der Waals surface area contributed by atoms with Crippen molar-refractivity contribution in [1.82, 2.24) is 10.6 Å². The Morgan fingerprint density at radius 1 is 1.47 bits per heavy atom. The predicted octanol–water partition coefficient (Wildman–Crippen LogP) is 0.567. The van der Waals surface area contributed by atoms with E-state index in [9.17, 15) is 9.59 Å². The fourth-order valence-electron chi connectivity index (χ4n) is 1.17. The minimum Gasteiger partial charge on any atom is -0.445 e. The first-order chi connectivity index (χ1) is 7.22. The Morgan fingerprint density at radius 3 is 2.73 bits per heavy atom. The number of amides is 2. The van der Waals surface area contributed by atoms with Crippen molar-refractivity contribution in [3.63, 3.8) is 0 Å². The van der Waals surface area contributed by atoms with Crippen molar-refractivity contribution >= 4 is 12.0 Å². The second kappa shape index (κ2) is 6.06. The lowest BCUT2D eigenvalue weighted by Crippen LogP contribution is -2.44.